The summed E-state index contributed by atoms with van der Waals surface area (Å²) in [7, 11) is 0. The van der Waals surface area contributed by atoms with Gasteiger partial charge in [-0.2, -0.15) is 0 Å². The largest absolute Gasteiger partial charge is 0.340 e. The molecule has 0 spiro atoms. The molecule has 0 aliphatic rings. The highest BCUT2D eigenvalue weighted by Crippen LogP contribution is 2.11. The summed E-state index contributed by atoms with van der Waals surface area (Å²) in [6.45, 7) is 0. The third-order valence-electron chi connectivity index (χ3n) is 1.55. The van der Waals surface area contributed by atoms with Gasteiger partial charge < -0.3 is 10.3 Å². The van der Waals surface area contributed by atoms with Crippen molar-refractivity contribution in [1.29, 1.82) is 0 Å². The van der Waals surface area contributed by atoms with E-state index < -0.39 is 0 Å². The zero-order valence-electron chi connectivity index (χ0n) is 7.31. The zero-order chi connectivity index (χ0) is 8.23. The van der Waals surface area contributed by atoms with Crippen LogP contribution in [0.3, 0.4) is 0 Å². The number of hydrogen-bond donors (Lipinski definition) is 2. The smallest absolute Gasteiger partial charge is 0.127 e. The lowest BCUT2D eigenvalue weighted by molar-refractivity contribution is 1.31. The van der Waals surface area contributed by atoms with Gasteiger partial charge >= 0.3 is 0 Å². The van der Waals surface area contributed by atoms with E-state index in [2.05, 4.69) is 15.3 Å². The van der Waals surface area contributed by atoms with Gasteiger partial charge in [-0.05, 0) is 12.1 Å². The van der Waals surface area contributed by atoms with Gasteiger partial charge in [-0.15, -0.1) is 34.0 Å². The molecular formula is C9H11Br2N3. The van der Waals surface area contributed by atoms with Crippen LogP contribution >= 0.6 is 34.0 Å². The lowest BCUT2D eigenvalue weighted by Crippen LogP contribution is -1.88. The van der Waals surface area contributed by atoms with Gasteiger partial charge in [0.15, 0.2) is 0 Å². The Labute approximate surface area is 103 Å². The Morgan fingerprint density at radius 2 is 1.79 bits per heavy atom. The molecule has 2 N–H and O–H groups in total. The number of anilines is 2. The number of para-hydroxylation sites is 1. The molecule has 1 aromatic carbocycles. The summed E-state index contributed by atoms with van der Waals surface area (Å²) >= 11 is 0. The van der Waals surface area contributed by atoms with E-state index >= 15 is 0 Å². The molecule has 5 heteroatoms. The number of nitrogens with one attached hydrogen (secondary N) is 2. The van der Waals surface area contributed by atoms with E-state index in [1.807, 2.05) is 30.3 Å². The number of H-pyrrole nitrogens is 1. The number of aromatic amines is 1. The minimum absolute atomic E-state index is 0. The predicted octanol–water partition coefficient (Wildman–Crippen LogP) is 3.31. The Bertz CT molecular complexity index is 334. The Kier molecular flexibility index (Phi) is 6.23. The quantitative estimate of drug-likeness (QED) is 0.891. The molecule has 0 atom stereocenters. The lowest BCUT2D eigenvalue weighted by Gasteiger charge is -2.00. The summed E-state index contributed by atoms with van der Waals surface area (Å²) in [6, 6.07) is 9.96. The molecule has 0 unspecified atom stereocenters. The first-order chi connectivity index (χ1) is 5.95. The molecular weight excluding hydrogens is 310 g/mol. The van der Waals surface area contributed by atoms with E-state index in [-0.39, 0.29) is 34.0 Å². The Morgan fingerprint density at radius 3 is 2.36 bits per heavy atom. The van der Waals surface area contributed by atoms with Crippen LogP contribution in [0.5, 0.6) is 0 Å². The van der Waals surface area contributed by atoms with Gasteiger partial charge in [0, 0.05) is 5.69 Å². The van der Waals surface area contributed by atoms with Crippen LogP contribution < -0.4 is 5.32 Å². The molecule has 0 aliphatic heterocycles. The van der Waals surface area contributed by atoms with Gasteiger partial charge in [-0.3, -0.25) is 0 Å². The van der Waals surface area contributed by atoms with E-state index in [9.17, 15) is 0 Å². The molecule has 0 saturated carbocycles. The van der Waals surface area contributed by atoms with E-state index in [0.717, 1.165) is 11.5 Å². The second-order valence-electron chi connectivity index (χ2n) is 2.46. The molecule has 0 fully saturated rings. The average Bonchev–Trinajstić information content (AvgIpc) is 2.59. The molecule has 2 aromatic rings. The molecule has 0 radical (unpaired) electrons. The molecule has 0 amide bonds. The summed E-state index contributed by atoms with van der Waals surface area (Å²) in [4.78, 5) is 6.86. The highest BCUT2D eigenvalue weighted by molar-refractivity contribution is 8.93. The number of halogens is 2. The second-order valence-corrected chi connectivity index (χ2v) is 2.46. The third-order valence-corrected chi connectivity index (χ3v) is 1.55. The van der Waals surface area contributed by atoms with Crippen molar-refractivity contribution in [3.8, 4) is 0 Å². The van der Waals surface area contributed by atoms with Crippen LogP contribution in [0.4, 0.5) is 11.5 Å². The summed E-state index contributed by atoms with van der Waals surface area (Å²) in [5.41, 5.74) is 1.06. The molecule has 1 aromatic heterocycles. The van der Waals surface area contributed by atoms with Crippen molar-refractivity contribution in [1.82, 2.24) is 9.97 Å². The molecule has 2 rings (SSSR count). The van der Waals surface area contributed by atoms with Crippen LogP contribution in [-0.2, 0) is 0 Å². The zero-order valence-corrected chi connectivity index (χ0v) is 10.7. The van der Waals surface area contributed by atoms with Crippen LogP contribution in [0.2, 0.25) is 0 Å². The first-order valence-corrected chi connectivity index (χ1v) is 3.75. The predicted molar refractivity (Wildman–Crippen MR) is 69.0 cm³/mol. The first-order valence-electron chi connectivity index (χ1n) is 3.75. The number of aromatic nitrogens is 2. The third kappa shape index (κ3) is 3.51. The molecule has 14 heavy (non-hydrogen) atoms. The SMILES string of the molecule is Br.Br.c1ccc(Nc2cnc[nH]2)cc1. The second kappa shape index (κ2) is 6.62. The van der Waals surface area contributed by atoms with Crippen LogP contribution in [0.15, 0.2) is 42.9 Å². The number of hydrogen-bond acceptors (Lipinski definition) is 2. The van der Waals surface area contributed by atoms with Gasteiger partial charge in [0.2, 0.25) is 0 Å². The van der Waals surface area contributed by atoms with Crippen molar-refractivity contribution in [3.05, 3.63) is 42.9 Å². The summed E-state index contributed by atoms with van der Waals surface area (Å²) in [5, 5.41) is 3.17. The monoisotopic (exact) mass is 319 g/mol. The Balaban J connectivity index is 0.000000845. The number of rotatable bonds is 2. The van der Waals surface area contributed by atoms with Crippen LogP contribution in [0.1, 0.15) is 0 Å². The van der Waals surface area contributed by atoms with Crippen LogP contribution in [0, 0.1) is 0 Å². The normalized spacial score (nSPS) is 8.29. The van der Waals surface area contributed by atoms with Gasteiger partial charge in [0.25, 0.3) is 0 Å². The van der Waals surface area contributed by atoms with Crippen molar-refractivity contribution in [2.45, 2.75) is 0 Å². The summed E-state index contributed by atoms with van der Waals surface area (Å²) < 4.78 is 0. The van der Waals surface area contributed by atoms with Gasteiger partial charge in [0.05, 0.1) is 12.5 Å². The van der Waals surface area contributed by atoms with E-state index in [0.29, 0.717) is 0 Å². The van der Waals surface area contributed by atoms with Gasteiger partial charge in [-0.25, -0.2) is 4.98 Å². The molecule has 1 heterocycles. The maximum absolute atomic E-state index is 3.90. The van der Waals surface area contributed by atoms with Crippen molar-refractivity contribution in [3.63, 3.8) is 0 Å². The minimum Gasteiger partial charge on any atom is -0.340 e. The fourth-order valence-electron chi connectivity index (χ4n) is 1.00. The first kappa shape index (κ1) is 13.2. The van der Waals surface area contributed by atoms with Crippen molar-refractivity contribution in [2.24, 2.45) is 0 Å². The lowest BCUT2D eigenvalue weighted by atomic mass is 10.3. The molecule has 0 bridgehead atoms. The average molecular weight is 321 g/mol. The van der Waals surface area contributed by atoms with Gasteiger partial charge in [-0.1, -0.05) is 18.2 Å². The van der Waals surface area contributed by atoms with Gasteiger partial charge in [0.1, 0.15) is 5.82 Å². The van der Waals surface area contributed by atoms with E-state index in [1.165, 1.54) is 0 Å². The molecule has 76 valence electrons. The molecule has 0 aliphatic carbocycles. The van der Waals surface area contributed by atoms with E-state index in [1.54, 1.807) is 12.5 Å². The van der Waals surface area contributed by atoms with Crippen LogP contribution in [0.25, 0.3) is 0 Å². The number of benzene rings is 1. The number of imidazole rings is 1. The molecule has 3 nitrogen and oxygen atoms in total. The Morgan fingerprint density at radius 1 is 1.07 bits per heavy atom. The molecule has 0 saturated heterocycles. The fourth-order valence-corrected chi connectivity index (χ4v) is 1.00. The summed E-state index contributed by atoms with van der Waals surface area (Å²) in [5.74, 6) is 0.904. The highest BCUT2D eigenvalue weighted by Gasteiger charge is 1.91. The maximum atomic E-state index is 3.90. The Hall–Kier alpha value is -0.810. The van der Waals surface area contributed by atoms with Crippen LogP contribution in [-0.4, -0.2) is 9.97 Å². The van der Waals surface area contributed by atoms with E-state index in [4.69, 9.17) is 0 Å². The highest BCUT2D eigenvalue weighted by atomic mass is 79.9. The van der Waals surface area contributed by atoms with Crippen molar-refractivity contribution >= 4 is 45.5 Å². The number of nitrogens with zero attached hydrogens (tertiary/aromatic N) is 1. The standard InChI is InChI=1S/C9H9N3.2BrH/c1-2-4-8(5-3-1)12-9-6-10-7-11-9;;/h1-7,12H,(H,10,11);2*1H. The minimum atomic E-state index is 0. The van der Waals surface area contributed by atoms with Crippen molar-refractivity contribution in [2.75, 3.05) is 5.32 Å². The topological polar surface area (TPSA) is 40.7 Å². The maximum Gasteiger partial charge on any atom is 0.127 e. The van der Waals surface area contributed by atoms with Crippen molar-refractivity contribution < 1.29 is 0 Å². The summed E-state index contributed by atoms with van der Waals surface area (Å²) in [6.07, 6.45) is 3.39. The fraction of sp³-hybridized carbons (Fsp3) is 0.